The lowest BCUT2D eigenvalue weighted by molar-refractivity contribution is 0.673. The quantitative estimate of drug-likeness (QED) is 0.233. The van der Waals surface area contributed by atoms with Gasteiger partial charge in [0.15, 0.2) is 0 Å². The molecule has 3 aromatic heterocycles. The van der Waals surface area contributed by atoms with Gasteiger partial charge in [-0.05, 0) is 60.7 Å². The third-order valence-corrected chi connectivity index (χ3v) is 8.09. The molecule has 3 heterocycles. The highest BCUT2D eigenvalue weighted by molar-refractivity contribution is 6.26. The molecule has 0 N–H and O–H groups in total. The van der Waals surface area contributed by atoms with E-state index in [1.807, 2.05) is 6.07 Å². The van der Waals surface area contributed by atoms with E-state index in [1.54, 1.807) is 0 Å². The molecule has 182 valence electrons. The lowest BCUT2D eigenvalue weighted by Gasteiger charge is -2.09. The van der Waals surface area contributed by atoms with Gasteiger partial charge in [-0.2, -0.15) is 0 Å². The molecule has 9 aromatic rings. The van der Waals surface area contributed by atoms with Crippen LogP contribution in [0.3, 0.4) is 0 Å². The maximum absolute atomic E-state index is 6.59. The van der Waals surface area contributed by atoms with E-state index in [0.717, 1.165) is 44.2 Å². The van der Waals surface area contributed by atoms with Crippen molar-refractivity contribution in [1.82, 2.24) is 9.13 Å². The second kappa shape index (κ2) is 7.62. The summed E-state index contributed by atoms with van der Waals surface area (Å²) in [5.41, 5.74) is 8.86. The maximum Gasteiger partial charge on any atom is 0.145 e. The number of furan rings is 1. The smallest absolute Gasteiger partial charge is 0.145 e. The molecule has 9 rings (SSSR count). The fourth-order valence-corrected chi connectivity index (χ4v) is 6.45. The Kier molecular flexibility index (Phi) is 4.05. The summed E-state index contributed by atoms with van der Waals surface area (Å²) in [6.07, 6.45) is 0. The highest BCUT2D eigenvalue weighted by atomic mass is 16.3. The lowest BCUT2D eigenvalue weighted by atomic mass is 10.1. The molecule has 0 spiro atoms. The number of para-hydroxylation sites is 4. The van der Waals surface area contributed by atoms with Crippen molar-refractivity contribution in [1.29, 1.82) is 0 Å². The third-order valence-electron chi connectivity index (χ3n) is 8.09. The van der Waals surface area contributed by atoms with Gasteiger partial charge in [0.1, 0.15) is 11.2 Å². The number of aromatic nitrogens is 2. The Bertz CT molecular complexity index is 2370. The van der Waals surface area contributed by atoms with Crippen LogP contribution in [-0.4, -0.2) is 9.13 Å². The zero-order valence-electron chi connectivity index (χ0n) is 21.0. The van der Waals surface area contributed by atoms with E-state index in [-0.39, 0.29) is 0 Å². The van der Waals surface area contributed by atoms with Crippen LogP contribution < -0.4 is 0 Å². The van der Waals surface area contributed by atoms with Gasteiger partial charge >= 0.3 is 0 Å². The summed E-state index contributed by atoms with van der Waals surface area (Å²) < 4.78 is 11.4. The summed E-state index contributed by atoms with van der Waals surface area (Å²) in [6.45, 7) is 0. The molecule has 0 radical (unpaired) electrons. The third kappa shape index (κ3) is 2.76. The molecular formula is C36H22N2O. The maximum atomic E-state index is 6.59. The molecule has 39 heavy (non-hydrogen) atoms. The topological polar surface area (TPSA) is 23.0 Å². The van der Waals surface area contributed by atoms with Crippen LogP contribution in [0.5, 0.6) is 0 Å². The van der Waals surface area contributed by atoms with E-state index < -0.39 is 0 Å². The average Bonchev–Trinajstić information content (AvgIpc) is 3.64. The Labute approximate surface area is 223 Å². The first-order chi connectivity index (χ1) is 19.4. The van der Waals surface area contributed by atoms with Crippen LogP contribution in [-0.2, 0) is 0 Å². The molecule has 0 atom stereocenters. The zero-order chi connectivity index (χ0) is 25.5. The monoisotopic (exact) mass is 498 g/mol. The number of nitrogens with zero attached hydrogens (tertiary/aromatic N) is 2. The van der Waals surface area contributed by atoms with Crippen LogP contribution in [0.4, 0.5) is 0 Å². The predicted molar refractivity (Wildman–Crippen MR) is 162 cm³/mol. The first-order valence-electron chi connectivity index (χ1n) is 13.3. The number of hydrogen-bond donors (Lipinski definition) is 0. The number of fused-ring (bicyclic) bond motifs is 10. The lowest BCUT2D eigenvalue weighted by Crippen LogP contribution is -1.94. The van der Waals surface area contributed by atoms with E-state index in [4.69, 9.17) is 4.42 Å². The van der Waals surface area contributed by atoms with Gasteiger partial charge in [0.05, 0.1) is 27.5 Å². The molecule has 0 bridgehead atoms. The second-order valence-electron chi connectivity index (χ2n) is 10.2. The molecule has 3 heteroatoms. The van der Waals surface area contributed by atoms with Gasteiger partial charge in [-0.3, -0.25) is 0 Å². The molecule has 0 saturated heterocycles. The van der Waals surface area contributed by atoms with Crippen LogP contribution in [0.1, 0.15) is 0 Å². The van der Waals surface area contributed by atoms with Crippen molar-refractivity contribution in [2.45, 2.75) is 0 Å². The summed E-state index contributed by atoms with van der Waals surface area (Å²) in [5, 5.41) is 7.11. The number of rotatable bonds is 2. The van der Waals surface area contributed by atoms with Gasteiger partial charge in [0.2, 0.25) is 0 Å². The normalized spacial score (nSPS) is 12.1. The van der Waals surface area contributed by atoms with Crippen molar-refractivity contribution in [2.24, 2.45) is 0 Å². The van der Waals surface area contributed by atoms with E-state index >= 15 is 0 Å². The minimum Gasteiger partial charge on any atom is -0.455 e. The van der Waals surface area contributed by atoms with Gasteiger partial charge in [0, 0.05) is 38.3 Å². The van der Waals surface area contributed by atoms with Gasteiger partial charge in [-0.25, -0.2) is 0 Å². The summed E-state index contributed by atoms with van der Waals surface area (Å²) in [7, 11) is 0. The van der Waals surface area contributed by atoms with Crippen LogP contribution in [0, 0.1) is 0 Å². The molecule has 0 amide bonds. The van der Waals surface area contributed by atoms with Crippen molar-refractivity contribution in [2.75, 3.05) is 0 Å². The van der Waals surface area contributed by atoms with Gasteiger partial charge < -0.3 is 13.6 Å². The minimum absolute atomic E-state index is 0.917. The Balaban J connectivity index is 1.54. The molecule has 0 fully saturated rings. The molecule has 0 aliphatic heterocycles. The van der Waals surface area contributed by atoms with Crippen molar-refractivity contribution in [3.8, 4) is 11.4 Å². The standard InChI is InChI=1S/C36H22N2O/c1-3-11-23(12-4-1)37-30-17-9-7-15-25(30)28-21-33-29(22-32(28)37)35-31(38(33)24-13-5-2-6-14-24)20-19-27-26-16-8-10-18-34(26)39-36(27)35/h1-22H. The van der Waals surface area contributed by atoms with Crippen LogP contribution in [0.2, 0.25) is 0 Å². The Hall–Kier alpha value is -5.28. The summed E-state index contributed by atoms with van der Waals surface area (Å²) >= 11 is 0. The van der Waals surface area contributed by atoms with Crippen molar-refractivity contribution in [3.63, 3.8) is 0 Å². The largest absolute Gasteiger partial charge is 0.455 e. The SMILES string of the molecule is c1ccc(-n2c3ccccc3c3cc4c(cc32)c2c3oc5ccccc5c3ccc2n4-c2ccccc2)cc1. The van der Waals surface area contributed by atoms with Crippen LogP contribution >= 0.6 is 0 Å². The van der Waals surface area contributed by atoms with Crippen LogP contribution in [0.15, 0.2) is 138 Å². The Morgan fingerprint density at radius 1 is 0.385 bits per heavy atom. The van der Waals surface area contributed by atoms with Crippen molar-refractivity contribution in [3.05, 3.63) is 133 Å². The van der Waals surface area contributed by atoms with Crippen molar-refractivity contribution < 1.29 is 4.42 Å². The Morgan fingerprint density at radius 3 is 1.74 bits per heavy atom. The van der Waals surface area contributed by atoms with E-state index in [0.29, 0.717) is 0 Å². The first-order valence-corrected chi connectivity index (χ1v) is 13.3. The summed E-state index contributed by atoms with van der Waals surface area (Å²) in [4.78, 5) is 0. The fourth-order valence-electron chi connectivity index (χ4n) is 6.45. The second-order valence-corrected chi connectivity index (χ2v) is 10.2. The van der Waals surface area contributed by atoms with E-state index in [2.05, 4.69) is 137 Å². The highest BCUT2D eigenvalue weighted by Crippen LogP contribution is 2.43. The Morgan fingerprint density at radius 2 is 0.974 bits per heavy atom. The van der Waals surface area contributed by atoms with Gasteiger partial charge in [-0.15, -0.1) is 0 Å². The first kappa shape index (κ1) is 20.7. The molecule has 0 saturated carbocycles. The molecule has 0 aliphatic rings. The van der Waals surface area contributed by atoms with Crippen LogP contribution in [0.25, 0.3) is 76.9 Å². The molecule has 0 unspecified atom stereocenters. The molecule has 0 aliphatic carbocycles. The highest BCUT2D eigenvalue weighted by Gasteiger charge is 2.21. The van der Waals surface area contributed by atoms with Gasteiger partial charge in [-0.1, -0.05) is 72.8 Å². The average molecular weight is 499 g/mol. The predicted octanol–water partition coefficient (Wildman–Crippen LogP) is 9.78. The minimum atomic E-state index is 0.917. The number of benzene rings is 6. The van der Waals surface area contributed by atoms with E-state index in [1.165, 1.54) is 32.7 Å². The molecule has 6 aromatic carbocycles. The molecule has 3 nitrogen and oxygen atoms in total. The van der Waals surface area contributed by atoms with E-state index in [9.17, 15) is 0 Å². The number of hydrogen-bond acceptors (Lipinski definition) is 1. The summed E-state index contributed by atoms with van der Waals surface area (Å²) in [5.74, 6) is 0. The van der Waals surface area contributed by atoms with Crippen molar-refractivity contribution >= 4 is 65.6 Å². The zero-order valence-corrected chi connectivity index (χ0v) is 21.0. The summed E-state index contributed by atoms with van der Waals surface area (Å²) in [6, 6.07) is 47.5. The van der Waals surface area contributed by atoms with Gasteiger partial charge in [0.25, 0.3) is 0 Å². The fraction of sp³-hybridized carbons (Fsp3) is 0. The molecular weight excluding hydrogens is 476 g/mol.